The van der Waals surface area contributed by atoms with Crippen LogP contribution in [0.25, 0.3) is 0 Å². The Bertz CT molecular complexity index is 632. The molecule has 1 aromatic carbocycles. The summed E-state index contributed by atoms with van der Waals surface area (Å²) < 4.78 is 1.78. The standard InChI is InChI=1S/C14H15BrIN3OS/c1-2-3-4-5-12-18-19-14(21-12)17-13(20)10-8-9(15)6-7-11(10)16/h6-8H,2-5H2,1H3,(H,17,19,20). The normalized spacial score (nSPS) is 10.6. The van der Waals surface area contributed by atoms with Crippen LogP contribution in [-0.4, -0.2) is 16.1 Å². The van der Waals surface area contributed by atoms with E-state index in [9.17, 15) is 4.79 Å². The highest BCUT2D eigenvalue weighted by molar-refractivity contribution is 14.1. The number of aromatic nitrogens is 2. The molecule has 112 valence electrons. The molecule has 0 aliphatic rings. The Morgan fingerprint density at radius 1 is 1.38 bits per heavy atom. The summed E-state index contributed by atoms with van der Waals surface area (Å²) in [4.78, 5) is 12.3. The van der Waals surface area contributed by atoms with Crippen LogP contribution in [0.3, 0.4) is 0 Å². The fourth-order valence-corrected chi connectivity index (χ4v) is 3.49. The maximum Gasteiger partial charge on any atom is 0.258 e. The number of unbranched alkanes of at least 4 members (excludes halogenated alkanes) is 2. The van der Waals surface area contributed by atoms with E-state index in [4.69, 9.17) is 0 Å². The van der Waals surface area contributed by atoms with Gasteiger partial charge in [0.1, 0.15) is 5.01 Å². The predicted octanol–water partition coefficient (Wildman–Crippen LogP) is 4.89. The lowest BCUT2D eigenvalue weighted by Gasteiger charge is -2.04. The lowest BCUT2D eigenvalue weighted by molar-refractivity contribution is 0.102. The number of hydrogen-bond acceptors (Lipinski definition) is 4. The topological polar surface area (TPSA) is 54.9 Å². The fourth-order valence-electron chi connectivity index (χ4n) is 1.77. The quantitative estimate of drug-likeness (QED) is 0.474. The van der Waals surface area contributed by atoms with Crippen LogP contribution in [0.15, 0.2) is 22.7 Å². The summed E-state index contributed by atoms with van der Waals surface area (Å²) in [6.07, 6.45) is 4.42. The van der Waals surface area contributed by atoms with Gasteiger partial charge in [-0.15, -0.1) is 10.2 Å². The van der Waals surface area contributed by atoms with Crippen LogP contribution in [0.4, 0.5) is 5.13 Å². The molecule has 2 aromatic rings. The number of halogens is 2. The van der Waals surface area contributed by atoms with Gasteiger partial charge in [-0.3, -0.25) is 10.1 Å². The summed E-state index contributed by atoms with van der Waals surface area (Å²) in [6.45, 7) is 2.17. The van der Waals surface area contributed by atoms with E-state index in [0.29, 0.717) is 10.7 Å². The van der Waals surface area contributed by atoms with E-state index in [0.717, 1.165) is 25.9 Å². The van der Waals surface area contributed by atoms with Crippen molar-refractivity contribution in [2.24, 2.45) is 0 Å². The van der Waals surface area contributed by atoms with Gasteiger partial charge >= 0.3 is 0 Å². The van der Waals surface area contributed by atoms with Crippen LogP contribution in [-0.2, 0) is 6.42 Å². The molecule has 1 aromatic heterocycles. The molecule has 2 rings (SSSR count). The maximum atomic E-state index is 12.3. The molecule has 0 bridgehead atoms. The third-order valence-electron chi connectivity index (χ3n) is 2.85. The molecular weight excluding hydrogens is 465 g/mol. The molecule has 1 heterocycles. The van der Waals surface area contributed by atoms with Crippen molar-refractivity contribution < 1.29 is 4.79 Å². The van der Waals surface area contributed by atoms with E-state index in [1.54, 1.807) is 6.07 Å². The minimum atomic E-state index is -0.156. The molecule has 0 fully saturated rings. The second kappa shape index (κ2) is 8.19. The van der Waals surface area contributed by atoms with Crippen molar-refractivity contribution in [1.82, 2.24) is 10.2 Å². The first-order chi connectivity index (χ1) is 10.1. The molecule has 0 spiro atoms. The van der Waals surface area contributed by atoms with Gasteiger partial charge in [0.25, 0.3) is 5.91 Å². The molecule has 7 heteroatoms. The van der Waals surface area contributed by atoms with E-state index in [1.165, 1.54) is 24.2 Å². The minimum absolute atomic E-state index is 0.156. The largest absolute Gasteiger partial charge is 0.296 e. The van der Waals surface area contributed by atoms with E-state index in [2.05, 4.69) is 61.0 Å². The molecule has 21 heavy (non-hydrogen) atoms. The maximum absolute atomic E-state index is 12.3. The van der Waals surface area contributed by atoms with Gasteiger partial charge in [0, 0.05) is 14.5 Å². The van der Waals surface area contributed by atoms with Gasteiger partial charge in [-0.1, -0.05) is 47.0 Å². The Hall–Kier alpha value is -0.540. The van der Waals surface area contributed by atoms with Crippen molar-refractivity contribution in [3.05, 3.63) is 36.8 Å². The van der Waals surface area contributed by atoms with Crippen molar-refractivity contribution in [3.8, 4) is 0 Å². The summed E-state index contributed by atoms with van der Waals surface area (Å²) in [5, 5.41) is 12.5. The number of nitrogens with zero attached hydrogens (tertiary/aromatic N) is 2. The monoisotopic (exact) mass is 479 g/mol. The van der Waals surface area contributed by atoms with Gasteiger partial charge < -0.3 is 0 Å². The Labute approximate surface area is 150 Å². The van der Waals surface area contributed by atoms with E-state index < -0.39 is 0 Å². The van der Waals surface area contributed by atoms with Crippen molar-refractivity contribution in [2.45, 2.75) is 32.6 Å². The average molecular weight is 480 g/mol. The van der Waals surface area contributed by atoms with Gasteiger partial charge in [0.15, 0.2) is 0 Å². The molecule has 0 radical (unpaired) electrons. The van der Waals surface area contributed by atoms with E-state index in [-0.39, 0.29) is 5.91 Å². The Morgan fingerprint density at radius 2 is 2.19 bits per heavy atom. The Balaban J connectivity index is 2.01. The molecule has 4 nitrogen and oxygen atoms in total. The van der Waals surface area contributed by atoms with Crippen LogP contribution in [0, 0.1) is 3.57 Å². The fraction of sp³-hybridized carbons (Fsp3) is 0.357. The van der Waals surface area contributed by atoms with E-state index in [1.807, 2.05) is 12.1 Å². The number of hydrogen-bond donors (Lipinski definition) is 1. The van der Waals surface area contributed by atoms with Gasteiger partial charge in [0.05, 0.1) is 5.56 Å². The zero-order chi connectivity index (χ0) is 15.2. The molecule has 0 aliphatic carbocycles. The number of aryl methyl sites for hydroxylation is 1. The third-order valence-corrected chi connectivity index (χ3v) is 5.19. The van der Waals surface area contributed by atoms with Crippen LogP contribution in [0.1, 0.15) is 41.6 Å². The number of anilines is 1. The van der Waals surface area contributed by atoms with Gasteiger partial charge in [-0.05, 0) is 47.2 Å². The number of nitrogens with one attached hydrogen (secondary N) is 1. The van der Waals surface area contributed by atoms with Crippen molar-refractivity contribution in [2.75, 3.05) is 5.32 Å². The first kappa shape index (κ1) is 16.8. The molecule has 1 N–H and O–H groups in total. The number of rotatable bonds is 6. The highest BCUT2D eigenvalue weighted by Gasteiger charge is 2.13. The molecule has 0 saturated heterocycles. The zero-order valence-electron chi connectivity index (χ0n) is 11.5. The first-order valence-electron chi connectivity index (χ1n) is 6.69. The molecule has 0 unspecified atom stereocenters. The second-order valence-electron chi connectivity index (χ2n) is 4.54. The summed E-state index contributed by atoms with van der Waals surface area (Å²) in [5.74, 6) is -0.156. The molecule has 0 atom stereocenters. The number of carbonyl (C=O) groups excluding carboxylic acids is 1. The number of benzene rings is 1. The summed E-state index contributed by atoms with van der Waals surface area (Å²) in [6, 6.07) is 5.62. The van der Waals surface area contributed by atoms with Gasteiger partial charge in [0.2, 0.25) is 5.13 Å². The molecule has 0 aliphatic heterocycles. The second-order valence-corrected chi connectivity index (χ2v) is 7.68. The lowest BCUT2D eigenvalue weighted by Crippen LogP contribution is -2.13. The highest BCUT2D eigenvalue weighted by Crippen LogP contribution is 2.22. The van der Waals surface area contributed by atoms with Gasteiger partial charge in [-0.25, -0.2) is 0 Å². The first-order valence-corrected chi connectivity index (χ1v) is 9.37. The average Bonchev–Trinajstić information content (AvgIpc) is 2.89. The molecular formula is C14H15BrIN3OS. The van der Waals surface area contributed by atoms with Crippen molar-refractivity contribution in [1.29, 1.82) is 0 Å². The lowest BCUT2D eigenvalue weighted by atomic mass is 10.2. The highest BCUT2D eigenvalue weighted by atomic mass is 127. The third kappa shape index (κ3) is 5.00. The van der Waals surface area contributed by atoms with Crippen molar-refractivity contribution in [3.63, 3.8) is 0 Å². The number of carbonyl (C=O) groups is 1. The van der Waals surface area contributed by atoms with Crippen LogP contribution < -0.4 is 5.32 Å². The van der Waals surface area contributed by atoms with Crippen molar-refractivity contribution >= 4 is 60.9 Å². The molecule has 1 amide bonds. The Morgan fingerprint density at radius 3 is 2.95 bits per heavy atom. The predicted molar refractivity (Wildman–Crippen MR) is 98.0 cm³/mol. The van der Waals surface area contributed by atoms with Crippen LogP contribution >= 0.6 is 49.9 Å². The minimum Gasteiger partial charge on any atom is -0.296 e. The molecule has 0 saturated carbocycles. The van der Waals surface area contributed by atoms with Gasteiger partial charge in [-0.2, -0.15) is 0 Å². The van der Waals surface area contributed by atoms with E-state index >= 15 is 0 Å². The van der Waals surface area contributed by atoms with Crippen LogP contribution in [0.5, 0.6) is 0 Å². The Kier molecular flexibility index (Phi) is 6.56. The van der Waals surface area contributed by atoms with Crippen LogP contribution in [0.2, 0.25) is 0 Å². The smallest absolute Gasteiger partial charge is 0.258 e. The summed E-state index contributed by atoms with van der Waals surface area (Å²) >= 11 is 6.98. The summed E-state index contributed by atoms with van der Waals surface area (Å²) in [5.41, 5.74) is 0.632. The SMILES string of the molecule is CCCCCc1nnc(NC(=O)c2cc(Br)ccc2I)s1. The summed E-state index contributed by atoms with van der Waals surface area (Å²) in [7, 11) is 0. The zero-order valence-corrected chi connectivity index (χ0v) is 16.1. The number of amides is 1.